The van der Waals surface area contributed by atoms with Crippen molar-refractivity contribution in [3.8, 4) is 0 Å². The van der Waals surface area contributed by atoms with Crippen molar-refractivity contribution in [2.24, 2.45) is 0 Å². The van der Waals surface area contributed by atoms with Gasteiger partial charge in [-0.05, 0) is 54.6 Å². The molecule has 3 aromatic rings. The number of benzene rings is 2. The minimum atomic E-state index is -1.06. The van der Waals surface area contributed by atoms with Gasteiger partial charge in [-0.25, -0.2) is 4.79 Å². The number of hydrogen-bond acceptors (Lipinski definition) is 4. The highest BCUT2D eigenvalue weighted by molar-refractivity contribution is 6.06. The molecule has 2 amide bonds. The minimum absolute atomic E-state index is 0.103. The van der Waals surface area contributed by atoms with Crippen molar-refractivity contribution in [1.29, 1.82) is 0 Å². The molecule has 27 heavy (non-hydrogen) atoms. The smallest absolute Gasteiger partial charge is 0.335 e. The van der Waals surface area contributed by atoms with Crippen LogP contribution >= 0.6 is 0 Å². The highest BCUT2D eigenvalue weighted by atomic mass is 16.4. The third kappa shape index (κ3) is 4.55. The lowest BCUT2D eigenvalue weighted by Crippen LogP contribution is -2.15. The molecule has 2 aromatic carbocycles. The second kappa shape index (κ2) is 7.92. The second-order valence-corrected chi connectivity index (χ2v) is 5.59. The zero-order valence-electron chi connectivity index (χ0n) is 14.0. The van der Waals surface area contributed by atoms with Crippen molar-refractivity contribution in [2.75, 3.05) is 10.6 Å². The lowest BCUT2D eigenvalue weighted by Gasteiger charge is -2.09. The predicted octanol–water partition coefficient (Wildman–Crippen LogP) is 3.28. The Morgan fingerprint density at radius 1 is 0.741 bits per heavy atom. The van der Waals surface area contributed by atoms with E-state index in [1.807, 2.05) is 0 Å². The van der Waals surface area contributed by atoms with E-state index in [4.69, 9.17) is 5.11 Å². The summed E-state index contributed by atoms with van der Waals surface area (Å²) in [5.41, 5.74) is 1.70. The van der Waals surface area contributed by atoms with Crippen LogP contribution in [0.2, 0.25) is 0 Å². The largest absolute Gasteiger partial charge is 0.478 e. The summed E-state index contributed by atoms with van der Waals surface area (Å²) in [6.45, 7) is 0. The molecule has 3 rings (SSSR count). The fraction of sp³-hybridized carbons (Fsp3) is 0. The quantitative estimate of drug-likeness (QED) is 0.646. The lowest BCUT2D eigenvalue weighted by molar-refractivity contribution is 0.0696. The van der Waals surface area contributed by atoms with Crippen molar-refractivity contribution in [3.63, 3.8) is 0 Å². The summed E-state index contributed by atoms with van der Waals surface area (Å²) in [5.74, 6) is -1.80. The molecule has 1 aromatic heterocycles. The lowest BCUT2D eigenvalue weighted by atomic mass is 10.1. The van der Waals surface area contributed by atoms with E-state index in [-0.39, 0.29) is 23.1 Å². The summed E-state index contributed by atoms with van der Waals surface area (Å²) in [4.78, 5) is 39.3. The van der Waals surface area contributed by atoms with Crippen LogP contribution in [0.25, 0.3) is 0 Å². The number of hydrogen-bond donors (Lipinski definition) is 3. The molecule has 0 radical (unpaired) electrons. The predicted molar refractivity (Wildman–Crippen MR) is 100.0 cm³/mol. The summed E-state index contributed by atoms with van der Waals surface area (Å²) < 4.78 is 0. The van der Waals surface area contributed by atoms with Gasteiger partial charge >= 0.3 is 5.97 Å². The number of rotatable bonds is 5. The number of carbonyl (C=O) groups is 3. The van der Waals surface area contributed by atoms with E-state index in [1.54, 1.807) is 42.5 Å². The van der Waals surface area contributed by atoms with Crippen molar-refractivity contribution in [3.05, 3.63) is 89.7 Å². The Hall–Kier alpha value is -4.00. The Bertz CT molecular complexity index is 986. The number of pyridine rings is 1. The van der Waals surface area contributed by atoms with Gasteiger partial charge in [0, 0.05) is 23.1 Å². The Morgan fingerprint density at radius 2 is 1.37 bits per heavy atom. The number of aromatic nitrogens is 1. The van der Waals surface area contributed by atoms with Crippen LogP contribution in [0.15, 0.2) is 72.9 Å². The minimum Gasteiger partial charge on any atom is -0.478 e. The van der Waals surface area contributed by atoms with Crippen LogP contribution in [0.4, 0.5) is 11.4 Å². The average Bonchev–Trinajstić information content (AvgIpc) is 2.69. The molecule has 7 heteroatoms. The van der Waals surface area contributed by atoms with E-state index >= 15 is 0 Å². The second-order valence-electron chi connectivity index (χ2n) is 5.59. The van der Waals surface area contributed by atoms with E-state index in [1.165, 1.54) is 30.5 Å². The zero-order valence-corrected chi connectivity index (χ0v) is 14.0. The van der Waals surface area contributed by atoms with Crippen molar-refractivity contribution < 1.29 is 19.5 Å². The molecule has 0 spiro atoms. The van der Waals surface area contributed by atoms with Gasteiger partial charge in [-0.1, -0.05) is 12.1 Å². The highest BCUT2D eigenvalue weighted by Crippen LogP contribution is 2.17. The van der Waals surface area contributed by atoms with E-state index in [0.29, 0.717) is 16.9 Å². The van der Waals surface area contributed by atoms with Crippen LogP contribution in [-0.2, 0) is 0 Å². The summed E-state index contributed by atoms with van der Waals surface area (Å²) in [7, 11) is 0. The van der Waals surface area contributed by atoms with Crippen LogP contribution in [0, 0.1) is 0 Å². The maximum absolute atomic E-state index is 12.3. The molecule has 134 valence electrons. The molecule has 0 bridgehead atoms. The maximum Gasteiger partial charge on any atom is 0.335 e. The molecule has 0 aliphatic carbocycles. The zero-order chi connectivity index (χ0) is 19.2. The number of carboxylic acids is 1. The first-order valence-electron chi connectivity index (χ1n) is 8.00. The van der Waals surface area contributed by atoms with Crippen LogP contribution in [0.3, 0.4) is 0 Å². The number of nitrogens with zero attached hydrogens (tertiary/aromatic N) is 1. The van der Waals surface area contributed by atoms with Gasteiger partial charge in [0.2, 0.25) is 0 Å². The molecule has 0 saturated heterocycles. The summed E-state index contributed by atoms with van der Waals surface area (Å²) in [6, 6.07) is 17.3. The van der Waals surface area contributed by atoms with Gasteiger partial charge in [-0.2, -0.15) is 0 Å². The molecule has 0 atom stereocenters. The topological polar surface area (TPSA) is 108 Å². The Morgan fingerprint density at radius 3 is 1.96 bits per heavy atom. The monoisotopic (exact) mass is 361 g/mol. The van der Waals surface area contributed by atoms with E-state index in [2.05, 4.69) is 15.6 Å². The summed E-state index contributed by atoms with van der Waals surface area (Å²) in [5, 5.41) is 14.3. The van der Waals surface area contributed by atoms with E-state index in [0.717, 1.165) is 0 Å². The first-order chi connectivity index (χ1) is 13.0. The molecular weight excluding hydrogens is 346 g/mol. The Kier molecular flexibility index (Phi) is 5.22. The molecule has 0 unspecified atom stereocenters. The van der Waals surface area contributed by atoms with Gasteiger partial charge < -0.3 is 15.7 Å². The van der Waals surface area contributed by atoms with E-state index in [9.17, 15) is 14.4 Å². The molecule has 0 aliphatic rings. The van der Waals surface area contributed by atoms with Crippen LogP contribution in [0.5, 0.6) is 0 Å². The SMILES string of the molecule is O=C(O)c1ccc(C(=O)Nc2cccc(NC(=O)c3ccccn3)c2)cc1. The van der Waals surface area contributed by atoms with Gasteiger partial charge in [0.15, 0.2) is 0 Å². The van der Waals surface area contributed by atoms with Gasteiger partial charge in [0.25, 0.3) is 11.8 Å². The van der Waals surface area contributed by atoms with Gasteiger partial charge in [-0.3, -0.25) is 14.6 Å². The number of carboxylic acid groups (broad SMARTS) is 1. The number of amides is 2. The number of carbonyl (C=O) groups excluding carboxylic acids is 2. The summed E-state index contributed by atoms with van der Waals surface area (Å²) in [6.07, 6.45) is 1.53. The Balaban J connectivity index is 1.69. The molecule has 1 heterocycles. The van der Waals surface area contributed by atoms with Gasteiger partial charge in [-0.15, -0.1) is 0 Å². The molecule has 7 nitrogen and oxygen atoms in total. The maximum atomic E-state index is 12.3. The van der Waals surface area contributed by atoms with Crippen LogP contribution in [-0.4, -0.2) is 27.9 Å². The molecular formula is C20H15N3O4. The van der Waals surface area contributed by atoms with Gasteiger partial charge in [0.05, 0.1) is 5.56 Å². The van der Waals surface area contributed by atoms with Crippen LogP contribution in [0.1, 0.15) is 31.2 Å². The number of aromatic carboxylic acids is 1. The number of anilines is 2. The fourth-order valence-corrected chi connectivity index (χ4v) is 2.33. The molecule has 0 aliphatic heterocycles. The third-order valence-corrected chi connectivity index (χ3v) is 3.67. The average molecular weight is 361 g/mol. The van der Waals surface area contributed by atoms with Crippen molar-refractivity contribution in [1.82, 2.24) is 4.98 Å². The van der Waals surface area contributed by atoms with Crippen LogP contribution < -0.4 is 10.6 Å². The molecule has 0 saturated carbocycles. The standard InChI is InChI=1S/C20H15N3O4/c24-18(13-7-9-14(10-8-13)20(26)27)22-15-4-3-5-16(12-15)23-19(25)17-6-1-2-11-21-17/h1-12H,(H,22,24)(H,23,25)(H,26,27). The van der Waals surface area contributed by atoms with Crippen molar-refractivity contribution in [2.45, 2.75) is 0 Å². The van der Waals surface area contributed by atoms with Gasteiger partial charge in [0.1, 0.15) is 5.69 Å². The third-order valence-electron chi connectivity index (χ3n) is 3.67. The Labute approximate surface area is 154 Å². The fourth-order valence-electron chi connectivity index (χ4n) is 2.33. The number of nitrogens with one attached hydrogen (secondary N) is 2. The first kappa shape index (κ1) is 17.8. The van der Waals surface area contributed by atoms with E-state index < -0.39 is 5.97 Å². The molecule has 0 fully saturated rings. The molecule has 3 N–H and O–H groups in total. The summed E-state index contributed by atoms with van der Waals surface area (Å²) >= 11 is 0. The first-order valence-corrected chi connectivity index (χ1v) is 8.00. The van der Waals surface area contributed by atoms with Crippen molar-refractivity contribution >= 4 is 29.2 Å². The highest BCUT2D eigenvalue weighted by Gasteiger charge is 2.10. The normalized spacial score (nSPS) is 10.1.